The lowest BCUT2D eigenvalue weighted by atomic mass is 9.98. The first-order chi connectivity index (χ1) is 13.3. The molecule has 4 rings (SSSR count). The third-order valence-corrected chi connectivity index (χ3v) is 5.26. The van der Waals surface area contributed by atoms with Crippen molar-refractivity contribution in [3.05, 3.63) is 78.8 Å². The molecule has 0 N–H and O–H groups in total. The molecule has 2 aromatic carbocycles. The second-order valence-corrected chi connectivity index (χ2v) is 7.64. The van der Waals surface area contributed by atoms with E-state index in [4.69, 9.17) is 11.6 Å². The fourth-order valence-corrected chi connectivity index (χ4v) is 3.80. The van der Waals surface area contributed by atoms with E-state index >= 15 is 0 Å². The molecule has 0 saturated carbocycles. The van der Waals surface area contributed by atoms with Crippen LogP contribution in [0.4, 0.5) is 5.69 Å². The van der Waals surface area contributed by atoms with Crippen molar-refractivity contribution < 1.29 is 4.92 Å². The number of aromatic nitrogens is 2. The van der Waals surface area contributed by atoms with E-state index in [-0.39, 0.29) is 22.1 Å². The van der Waals surface area contributed by atoms with Crippen LogP contribution in [0.15, 0.2) is 41.2 Å². The van der Waals surface area contributed by atoms with E-state index in [2.05, 4.69) is 4.98 Å². The molecular weight excluding hydrogens is 378 g/mol. The Bertz CT molecular complexity index is 1210. The van der Waals surface area contributed by atoms with Gasteiger partial charge >= 0.3 is 0 Å². The van der Waals surface area contributed by atoms with Crippen molar-refractivity contribution in [1.82, 2.24) is 9.55 Å². The van der Waals surface area contributed by atoms with Crippen molar-refractivity contribution >= 4 is 39.8 Å². The molecule has 7 heteroatoms. The lowest BCUT2D eigenvalue weighted by Gasteiger charge is -2.08. The van der Waals surface area contributed by atoms with Crippen LogP contribution in [0.25, 0.3) is 22.6 Å². The molecule has 28 heavy (non-hydrogen) atoms. The Morgan fingerprint density at radius 3 is 2.75 bits per heavy atom. The normalized spacial score (nSPS) is 14.8. The molecule has 1 aliphatic rings. The summed E-state index contributed by atoms with van der Waals surface area (Å²) in [7, 11) is 0. The standard InChI is InChI=1S/C21H18ClN3O3/c1-12(2)16-5-3-13(10-19(16)25(27)28)9-14-7-8-24-20(14)23-18-6-4-15(22)11-17(18)21(24)26/h3-6,9-12H,7-8H2,1-2H3/b14-9+. The number of nitro benzene ring substituents is 1. The molecule has 0 unspecified atom stereocenters. The predicted molar refractivity (Wildman–Crippen MR) is 111 cm³/mol. The summed E-state index contributed by atoms with van der Waals surface area (Å²) >= 11 is 6.01. The molecule has 0 amide bonds. The predicted octanol–water partition coefficient (Wildman–Crippen LogP) is 5.03. The molecule has 142 valence electrons. The molecule has 0 bridgehead atoms. The van der Waals surface area contributed by atoms with Gasteiger partial charge in [0.15, 0.2) is 0 Å². The van der Waals surface area contributed by atoms with Crippen LogP contribution in [0.5, 0.6) is 0 Å². The summed E-state index contributed by atoms with van der Waals surface area (Å²) < 4.78 is 1.64. The van der Waals surface area contributed by atoms with Crippen LogP contribution >= 0.6 is 11.6 Å². The van der Waals surface area contributed by atoms with Crippen molar-refractivity contribution in [1.29, 1.82) is 0 Å². The van der Waals surface area contributed by atoms with E-state index in [9.17, 15) is 14.9 Å². The highest BCUT2D eigenvalue weighted by Gasteiger charge is 2.22. The summed E-state index contributed by atoms with van der Waals surface area (Å²) in [5, 5.41) is 12.4. The van der Waals surface area contributed by atoms with E-state index in [0.717, 1.165) is 11.1 Å². The Hall–Kier alpha value is -2.99. The van der Waals surface area contributed by atoms with Gasteiger partial charge in [0.05, 0.1) is 15.8 Å². The van der Waals surface area contributed by atoms with E-state index in [1.165, 1.54) is 0 Å². The lowest BCUT2D eigenvalue weighted by Crippen LogP contribution is -2.20. The first-order valence-corrected chi connectivity index (χ1v) is 9.42. The molecule has 1 aliphatic heterocycles. The maximum atomic E-state index is 12.8. The Morgan fingerprint density at radius 2 is 2.04 bits per heavy atom. The molecule has 0 spiro atoms. The number of rotatable bonds is 3. The molecule has 0 atom stereocenters. The number of hydrogen-bond acceptors (Lipinski definition) is 4. The SMILES string of the molecule is CC(C)c1ccc(/C=C2\CCn3c2nc2ccc(Cl)cc2c3=O)cc1[N+](=O)[O-]. The smallest absolute Gasteiger partial charge is 0.273 e. The number of benzene rings is 2. The van der Waals surface area contributed by atoms with E-state index < -0.39 is 0 Å². The van der Waals surface area contributed by atoms with Crippen LogP contribution in [-0.4, -0.2) is 14.5 Å². The van der Waals surface area contributed by atoms with E-state index in [0.29, 0.717) is 40.3 Å². The van der Waals surface area contributed by atoms with Gasteiger partial charge in [0.1, 0.15) is 5.82 Å². The number of allylic oxidation sites excluding steroid dienone is 1. The fraction of sp³-hybridized carbons (Fsp3) is 0.238. The van der Waals surface area contributed by atoms with Gasteiger partial charge in [-0.25, -0.2) is 4.98 Å². The van der Waals surface area contributed by atoms with Gasteiger partial charge in [0, 0.05) is 23.2 Å². The average molecular weight is 396 g/mol. The number of nitrogens with zero attached hydrogens (tertiary/aromatic N) is 3. The van der Waals surface area contributed by atoms with Gasteiger partial charge in [-0.15, -0.1) is 0 Å². The molecule has 3 aromatic rings. The highest BCUT2D eigenvalue weighted by atomic mass is 35.5. The van der Waals surface area contributed by atoms with Gasteiger partial charge < -0.3 is 0 Å². The van der Waals surface area contributed by atoms with E-state index in [1.54, 1.807) is 34.9 Å². The van der Waals surface area contributed by atoms with Gasteiger partial charge in [-0.1, -0.05) is 37.6 Å². The van der Waals surface area contributed by atoms with Gasteiger partial charge in [-0.3, -0.25) is 19.5 Å². The first-order valence-electron chi connectivity index (χ1n) is 9.04. The zero-order valence-corrected chi connectivity index (χ0v) is 16.2. The highest BCUT2D eigenvalue weighted by molar-refractivity contribution is 6.31. The number of hydrogen-bond donors (Lipinski definition) is 0. The van der Waals surface area contributed by atoms with Crippen molar-refractivity contribution in [3.63, 3.8) is 0 Å². The first kappa shape index (κ1) is 18.4. The van der Waals surface area contributed by atoms with Crippen LogP contribution in [0.2, 0.25) is 5.02 Å². The van der Waals surface area contributed by atoms with E-state index in [1.807, 2.05) is 26.0 Å². The summed E-state index contributed by atoms with van der Waals surface area (Å²) in [5.41, 5.74) is 2.91. The van der Waals surface area contributed by atoms with Crippen LogP contribution in [0.1, 0.15) is 43.1 Å². The fourth-order valence-electron chi connectivity index (χ4n) is 3.62. The number of fused-ring (bicyclic) bond motifs is 2. The van der Waals surface area contributed by atoms with Crippen LogP contribution in [0, 0.1) is 10.1 Å². The summed E-state index contributed by atoms with van der Waals surface area (Å²) in [5.74, 6) is 0.670. The van der Waals surface area contributed by atoms with Crippen molar-refractivity contribution in [2.75, 3.05) is 0 Å². The monoisotopic (exact) mass is 395 g/mol. The third kappa shape index (κ3) is 3.10. The Labute approximate surface area is 166 Å². The topological polar surface area (TPSA) is 78.0 Å². The van der Waals surface area contributed by atoms with Gasteiger partial charge in [0.25, 0.3) is 11.2 Å². The highest BCUT2D eigenvalue weighted by Crippen LogP contribution is 2.31. The maximum absolute atomic E-state index is 12.8. The summed E-state index contributed by atoms with van der Waals surface area (Å²) in [6.45, 7) is 4.39. The minimum atomic E-state index is -0.347. The van der Waals surface area contributed by atoms with Crippen molar-refractivity contribution in [3.8, 4) is 0 Å². The van der Waals surface area contributed by atoms with Crippen LogP contribution in [0.3, 0.4) is 0 Å². The minimum Gasteiger partial charge on any atom is -0.292 e. The zero-order valence-electron chi connectivity index (χ0n) is 15.5. The molecule has 2 heterocycles. The number of nitro groups is 1. The van der Waals surface area contributed by atoms with Gasteiger partial charge in [-0.2, -0.15) is 0 Å². The van der Waals surface area contributed by atoms with Gasteiger partial charge in [-0.05, 0) is 47.8 Å². The molecule has 0 aliphatic carbocycles. The maximum Gasteiger partial charge on any atom is 0.273 e. The third-order valence-electron chi connectivity index (χ3n) is 5.02. The molecule has 0 radical (unpaired) electrons. The Balaban J connectivity index is 1.83. The second-order valence-electron chi connectivity index (χ2n) is 7.20. The Kier molecular flexibility index (Phi) is 4.51. The quantitative estimate of drug-likeness (QED) is 0.460. The second kappa shape index (κ2) is 6.87. The van der Waals surface area contributed by atoms with Crippen molar-refractivity contribution in [2.24, 2.45) is 0 Å². The number of halogens is 1. The zero-order chi connectivity index (χ0) is 20.0. The molecule has 0 saturated heterocycles. The lowest BCUT2D eigenvalue weighted by molar-refractivity contribution is -0.385. The molecule has 0 fully saturated rings. The summed E-state index contributed by atoms with van der Waals surface area (Å²) in [6, 6.07) is 10.3. The van der Waals surface area contributed by atoms with Crippen molar-refractivity contribution in [2.45, 2.75) is 32.7 Å². The van der Waals surface area contributed by atoms with Crippen LogP contribution in [-0.2, 0) is 6.54 Å². The molecular formula is C21H18ClN3O3. The minimum absolute atomic E-state index is 0.0627. The Morgan fingerprint density at radius 1 is 1.25 bits per heavy atom. The molecule has 1 aromatic heterocycles. The summed E-state index contributed by atoms with van der Waals surface area (Å²) in [4.78, 5) is 28.5. The largest absolute Gasteiger partial charge is 0.292 e. The van der Waals surface area contributed by atoms with Gasteiger partial charge in [0.2, 0.25) is 0 Å². The van der Waals surface area contributed by atoms with Crippen LogP contribution < -0.4 is 5.56 Å². The average Bonchev–Trinajstić information content (AvgIpc) is 3.05. The molecule has 6 nitrogen and oxygen atoms in total. The summed E-state index contributed by atoms with van der Waals surface area (Å²) in [6.07, 6.45) is 2.52.